The van der Waals surface area contributed by atoms with E-state index < -0.39 is 6.04 Å². The van der Waals surface area contributed by atoms with E-state index in [0.717, 1.165) is 4.88 Å². The third-order valence-corrected chi connectivity index (χ3v) is 6.48. The number of nitrogens with zero attached hydrogens (tertiary/aromatic N) is 1. The first-order chi connectivity index (χ1) is 12.0. The van der Waals surface area contributed by atoms with E-state index in [1.165, 1.54) is 0 Å². The van der Waals surface area contributed by atoms with Gasteiger partial charge in [-0.25, -0.2) is 0 Å². The Morgan fingerprint density at radius 1 is 1.24 bits per heavy atom. The minimum absolute atomic E-state index is 0.0331. The molecule has 4 nitrogen and oxygen atoms in total. The van der Waals surface area contributed by atoms with Crippen LogP contribution in [0.2, 0.25) is 5.02 Å². The smallest absolute Gasteiger partial charge is 0.255 e. The number of amides is 2. The normalized spacial score (nSPS) is 20.1. The van der Waals surface area contributed by atoms with E-state index in [4.69, 9.17) is 11.6 Å². The zero-order valence-corrected chi connectivity index (χ0v) is 16.3. The highest BCUT2D eigenvalue weighted by Gasteiger charge is 2.43. The summed E-state index contributed by atoms with van der Waals surface area (Å²) in [6, 6.07) is 10.3. The maximum absolute atomic E-state index is 13.2. The van der Waals surface area contributed by atoms with Gasteiger partial charge in [0.1, 0.15) is 11.4 Å². The molecule has 1 aromatic carbocycles. The summed E-state index contributed by atoms with van der Waals surface area (Å²) >= 11 is 9.16. The van der Waals surface area contributed by atoms with Crippen molar-refractivity contribution in [2.75, 3.05) is 5.75 Å². The molecule has 0 radical (unpaired) electrons. The number of hydrogen-bond acceptors (Lipinski definition) is 4. The molecule has 132 valence electrons. The summed E-state index contributed by atoms with van der Waals surface area (Å²) in [6.45, 7) is 3.84. The van der Waals surface area contributed by atoms with Crippen molar-refractivity contribution in [3.63, 3.8) is 0 Å². The number of rotatable bonds is 4. The Hall–Kier alpha value is -1.50. The summed E-state index contributed by atoms with van der Waals surface area (Å²) in [4.78, 5) is 28.6. The maximum Gasteiger partial charge on any atom is 0.255 e. The minimum Gasteiger partial charge on any atom is -0.352 e. The molecule has 2 heterocycles. The van der Waals surface area contributed by atoms with Crippen LogP contribution in [-0.2, 0) is 4.79 Å². The molecule has 1 saturated heterocycles. The van der Waals surface area contributed by atoms with Gasteiger partial charge in [-0.2, -0.15) is 0 Å². The standard InChI is InChI=1S/C18H19ClN2O2S2/c1-11(2)20-16(22)14-10-25-18(15-4-3-9-24-15)21(14)17(23)12-5-7-13(19)8-6-12/h3-9,11,14,18H,10H2,1-2H3,(H,20,22)/t14-,18+/m1/s1. The Kier molecular flexibility index (Phi) is 5.71. The van der Waals surface area contributed by atoms with Crippen LogP contribution in [0, 0.1) is 0 Å². The van der Waals surface area contributed by atoms with E-state index in [0.29, 0.717) is 16.3 Å². The van der Waals surface area contributed by atoms with Crippen LogP contribution in [0.4, 0.5) is 0 Å². The molecule has 1 aliphatic heterocycles. The molecule has 3 rings (SSSR count). The molecule has 0 unspecified atom stereocenters. The van der Waals surface area contributed by atoms with E-state index >= 15 is 0 Å². The largest absolute Gasteiger partial charge is 0.352 e. The van der Waals surface area contributed by atoms with Crippen molar-refractivity contribution in [2.24, 2.45) is 0 Å². The fourth-order valence-electron chi connectivity index (χ4n) is 2.73. The molecule has 0 aliphatic carbocycles. The van der Waals surface area contributed by atoms with Crippen molar-refractivity contribution in [1.29, 1.82) is 0 Å². The van der Waals surface area contributed by atoms with Gasteiger partial charge in [0.05, 0.1) is 0 Å². The highest BCUT2D eigenvalue weighted by molar-refractivity contribution is 7.99. The summed E-state index contributed by atoms with van der Waals surface area (Å²) in [7, 11) is 0. The van der Waals surface area contributed by atoms with Gasteiger partial charge in [-0.15, -0.1) is 23.1 Å². The predicted octanol–water partition coefficient (Wildman–Crippen LogP) is 4.18. The summed E-state index contributed by atoms with van der Waals surface area (Å²) < 4.78 is 0. The second-order valence-electron chi connectivity index (χ2n) is 6.10. The third kappa shape index (κ3) is 4.02. The molecule has 1 aliphatic rings. The predicted molar refractivity (Wildman–Crippen MR) is 104 cm³/mol. The monoisotopic (exact) mass is 394 g/mol. The Morgan fingerprint density at radius 2 is 1.96 bits per heavy atom. The van der Waals surface area contributed by atoms with Crippen LogP contribution in [0.5, 0.6) is 0 Å². The lowest BCUT2D eigenvalue weighted by atomic mass is 10.1. The molecule has 1 N–H and O–H groups in total. The number of benzene rings is 1. The molecular formula is C18H19ClN2O2S2. The third-order valence-electron chi connectivity index (χ3n) is 3.85. The van der Waals surface area contributed by atoms with Crippen molar-refractivity contribution in [2.45, 2.75) is 31.3 Å². The van der Waals surface area contributed by atoms with Crippen LogP contribution in [0.15, 0.2) is 41.8 Å². The number of nitrogens with one attached hydrogen (secondary N) is 1. The molecule has 2 aromatic rings. The van der Waals surface area contributed by atoms with Crippen LogP contribution < -0.4 is 5.32 Å². The number of thiophene rings is 1. The van der Waals surface area contributed by atoms with Crippen LogP contribution >= 0.6 is 34.7 Å². The summed E-state index contributed by atoms with van der Waals surface area (Å²) in [5.41, 5.74) is 0.538. The molecule has 1 fully saturated rings. The summed E-state index contributed by atoms with van der Waals surface area (Å²) in [6.07, 6.45) is 0. The number of thioether (sulfide) groups is 1. The molecular weight excluding hydrogens is 376 g/mol. The molecule has 1 aromatic heterocycles. The summed E-state index contributed by atoms with van der Waals surface area (Å²) in [5.74, 6) is 0.327. The fraction of sp³-hybridized carbons (Fsp3) is 0.333. The van der Waals surface area contributed by atoms with Gasteiger partial charge in [-0.3, -0.25) is 9.59 Å². The van der Waals surface area contributed by atoms with Crippen molar-refractivity contribution in [1.82, 2.24) is 10.2 Å². The lowest BCUT2D eigenvalue weighted by molar-refractivity contribution is -0.125. The van der Waals surface area contributed by atoms with Gasteiger partial charge < -0.3 is 10.2 Å². The van der Waals surface area contributed by atoms with Gasteiger partial charge in [0.25, 0.3) is 5.91 Å². The number of halogens is 1. The average Bonchev–Trinajstić information content (AvgIpc) is 3.23. The van der Waals surface area contributed by atoms with Crippen LogP contribution in [0.25, 0.3) is 0 Å². The average molecular weight is 395 g/mol. The van der Waals surface area contributed by atoms with Gasteiger partial charge in [0.2, 0.25) is 5.91 Å². The lowest BCUT2D eigenvalue weighted by Gasteiger charge is -2.29. The second-order valence-corrected chi connectivity index (χ2v) is 8.63. The number of carbonyl (C=O) groups is 2. The topological polar surface area (TPSA) is 49.4 Å². The molecule has 0 saturated carbocycles. The van der Waals surface area contributed by atoms with E-state index in [1.54, 1.807) is 52.3 Å². The van der Waals surface area contributed by atoms with Crippen LogP contribution in [-0.4, -0.2) is 34.6 Å². The minimum atomic E-state index is -0.484. The van der Waals surface area contributed by atoms with Gasteiger partial charge in [0.15, 0.2) is 0 Å². The van der Waals surface area contributed by atoms with Crippen molar-refractivity contribution in [3.8, 4) is 0 Å². The van der Waals surface area contributed by atoms with E-state index in [9.17, 15) is 9.59 Å². The Balaban J connectivity index is 1.92. The van der Waals surface area contributed by atoms with Gasteiger partial charge in [-0.1, -0.05) is 17.7 Å². The number of hydrogen-bond donors (Lipinski definition) is 1. The van der Waals surface area contributed by atoms with E-state index in [1.807, 2.05) is 31.4 Å². The molecule has 2 amide bonds. The zero-order chi connectivity index (χ0) is 18.0. The molecule has 0 bridgehead atoms. The molecule has 7 heteroatoms. The van der Waals surface area contributed by atoms with Gasteiger partial charge in [0, 0.05) is 27.3 Å². The number of carbonyl (C=O) groups excluding carboxylic acids is 2. The van der Waals surface area contributed by atoms with E-state index in [-0.39, 0.29) is 23.2 Å². The van der Waals surface area contributed by atoms with Gasteiger partial charge in [-0.05, 0) is 49.6 Å². The van der Waals surface area contributed by atoms with Crippen LogP contribution in [0.1, 0.15) is 34.5 Å². The van der Waals surface area contributed by atoms with E-state index in [2.05, 4.69) is 5.32 Å². The first kappa shape index (κ1) is 18.3. The Bertz CT molecular complexity index is 747. The highest BCUT2D eigenvalue weighted by atomic mass is 35.5. The first-order valence-electron chi connectivity index (χ1n) is 8.01. The molecule has 2 atom stereocenters. The van der Waals surface area contributed by atoms with Crippen molar-refractivity contribution < 1.29 is 9.59 Å². The SMILES string of the molecule is CC(C)NC(=O)[C@H]1CS[C@@H](c2cccs2)N1C(=O)c1ccc(Cl)cc1. The Labute approximate surface area is 160 Å². The first-order valence-corrected chi connectivity index (χ1v) is 10.3. The van der Waals surface area contributed by atoms with Crippen molar-refractivity contribution >= 4 is 46.5 Å². The quantitative estimate of drug-likeness (QED) is 0.846. The second kappa shape index (κ2) is 7.81. The van der Waals surface area contributed by atoms with Gasteiger partial charge >= 0.3 is 0 Å². The zero-order valence-electron chi connectivity index (χ0n) is 13.9. The van der Waals surface area contributed by atoms with Crippen LogP contribution in [0.3, 0.4) is 0 Å². The summed E-state index contributed by atoms with van der Waals surface area (Å²) in [5, 5.41) is 5.35. The van der Waals surface area contributed by atoms with Crippen molar-refractivity contribution in [3.05, 3.63) is 57.2 Å². The highest BCUT2D eigenvalue weighted by Crippen LogP contribution is 2.43. The maximum atomic E-state index is 13.2. The Morgan fingerprint density at radius 3 is 2.56 bits per heavy atom. The lowest BCUT2D eigenvalue weighted by Crippen LogP contribution is -2.49. The molecule has 25 heavy (non-hydrogen) atoms. The fourth-order valence-corrected chi connectivity index (χ4v) is 5.25. The molecule has 0 spiro atoms.